The summed E-state index contributed by atoms with van der Waals surface area (Å²) in [4.78, 5) is 0.284. The zero-order valence-electron chi connectivity index (χ0n) is 15.8. The van der Waals surface area contributed by atoms with E-state index >= 15 is 0 Å². The molecular weight excluding hydrogens is 382 g/mol. The van der Waals surface area contributed by atoms with Crippen molar-refractivity contribution in [2.75, 3.05) is 6.54 Å². The van der Waals surface area contributed by atoms with Crippen molar-refractivity contribution in [2.45, 2.75) is 11.3 Å². The van der Waals surface area contributed by atoms with E-state index in [1.807, 2.05) is 79.0 Å². The summed E-state index contributed by atoms with van der Waals surface area (Å²) in [5, 5.41) is 4.35. The number of hydrogen-bond donors (Lipinski definition) is 1. The van der Waals surface area contributed by atoms with E-state index in [1.54, 1.807) is 23.0 Å². The lowest BCUT2D eigenvalue weighted by Crippen LogP contribution is -2.26. The fourth-order valence-corrected chi connectivity index (χ4v) is 4.44. The lowest BCUT2D eigenvalue weighted by atomic mass is 10.1. The maximum Gasteiger partial charge on any atom is 0.241 e. The minimum atomic E-state index is -3.63. The first kappa shape index (κ1) is 19.1. The van der Waals surface area contributed by atoms with Gasteiger partial charge < -0.3 is 0 Å². The fourth-order valence-electron chi connectivity index (χ4n) is 3.18. The second-order valence-electron chi connectivity index (χ2n) is 6.64. The van der Waals surface area contributed by atoms with Gasteiger partial charge in [0.2, 0.25) is 10.0 Å². The van der Waals surface area contributed by atoms with Crippen LogP contribution in [0.3, 0.4) is 0 Å². The summed E-state index contributed by atoms with van der Waals surface area (Å²) in [6.07, 6.45) is 4.24. The Hall–Kier alpha value is -3.22. The van der Waals surface area contributed by atoms with Crippen LogP contribution in [0.1, 0.15) is 5.56 Å². The molecule has 0 aliphatic rings. The Balaban J connectivity index is 1.46. The van der Waals surface area contributed by atoms with E-state index in [2.05, 4.69) is 9.82 Å². The van der Waals surface area contributed by atoms with Gasteiger partial charge in [-0.2, -0.15) is 5.10 Å². The third kappa shape index (κ3) is 4.45. The highest BCUT2D eigenvalue weighted by Crippen LogP contribution is 2.26. The molecule has 1 aromatic heterocycles. The Morgan fingerprint density at radius 2 is 1.48 bits per heavy atom. The first-order chi connectivity index (χ1) is 14.1. The lowest BCUT2D eigenvalue weighted by Gasteiger charge is -2.11. The van der Waals surface area contributed by atoms with E-state index in [4.69, 9.17) is 0 Å². The Labute approximate surface area is 170 Å². The molecule has 0 bridgehead atoms. The van der Waals surface area contributed by atoms with Crippen molar-refractivity contribution >= 4 is 10.0 Å². The second kappa shape index (κ2) is 8.43. The van der Waals surface area contributed by atoms with E-state index in [0.29, 0.717) is 18.5 Å². The van der Waals surface area contributed by atoms with Gasteiger partial charge in [0.1, 0.15) is 0 Å². The molecule has 0 saturated carbocycles. The highest BCUT2D eigenvalue weighted by Gasteiger charge is 2.18. The molecule has 0 aliphatic carbocycles. The number of nitrogens with zero attached hydrogens (tertiary/aromatic N) is 2. The first-order valence-electron chi connectivity index (χ1n) is 9.36. The molecule has 4 aromatic rings. The smallest absolute Gasteiger partial charge is 0.241 e. The maximum absolute atomic E-state index is 12.9. The van der Waals surface area contributed by atoms with Crippen molar-refractivity contribution in [3.05, 3.63) is 103 Å². The molecule has 0 atom stereocenters. The molecule has 146 valence electrons. The van der Waals surface area contributed by atoms with Gasteiger partial charge in [-0.1, -0.05) is 66.7 Å². The highest BCUT2D eigenvalue weighted by atomic mass is 32.2. The Bertz CT molecular complexity index is 1190. The maximum atomic E-state index is 12.9. The Morgan fingerprint density at radius 3 is 2.24 bits per heavy atom. The van der Waals surface area contributed by atoms with Crippen LogP contribution in [-0.4, -0.2) is 24.7 Å². The van der Waals surface area contributed by atoms with Crippen LogP contribution in [0.5, 0.6) is 0 Å². The van der Waals surface area contributed by atoms with E-state index in [9.17, 15) is 8.42 Å². The van der Waals surface area contributed by atoms with Crippen LogP contribution >= 0.6 is 0 Å². The zero-order chi connectivity index (χ0) is 20.1. The van der Waals surface area contributed by atoms with Crippen LogP contribution in [0.25, 0.3) is 16.8 Å². The zero-order valence-corrected chi connectivity index (χ0v) is 16.6. The molecule has 0 fully saturated rings. The molecular formula is C23H21N3O2S. The van der Waals surface area contributed by atoms with Gasteiger partial charge in [-0.3, -0.25) is 0 Å². The van der Waals surface area contributed by atoms with Crippen molar-refractivity contribution in [3.8, 4) is 16.8 Å². The molecule has 6 heteroatoms. The van der Waals surface area contributed by atoms with Crippen molar-refractivity contribution in [1.82, 2.24) is 14.5 Å². The van der Waals surface area contributed by atoms with Gasteiger partial charge in [0.25, 0.3) is 0 Å². The van der Waals surface area contributed by atoms with Gasteiger partial charge >= 0.3 is 0 Å². The van der Waals surface area contributed by atoms with Gasteiger partial charge in [-0.25, -0.2) is 17.8 Å². The van der Waals surface area contributed by atoms with Gasteiger partial charge in [0.05, 0.1) is 16.8 Å². The van der Waals surface area contributed by atoms with Crippen LogP contribution in [-0.2, 0) is 16.4 Å². The molecule has 0 aliphatic heterocycles. The Kier molecular flexibility index (Phi) is 5.55. The number of aromatic nitrogens is 2. The van der Waals surface area contributed by atoms with E-state index in [0.717, 1.165) is 16.8 Å². The molecule has 0 spiro atoms. The van der Waals surface area contributed by atoms with E-state index in [-0.39, 0.29) is 4.90 Å². The van der Waals surface area contributed by atoms with Crippen LogP contribution < -0.4 is 4.72 Å². The molecule has 3 aromatic carbocycles. The normalized spacial score (nSPS) is 11.4. The van der Waals surface area contributed by atoms with Crippen molar-refractivity contribution in [2.24, 2.45) is 0 Å². The van der Waals surface area contributed by atoms with Gasteiger partial charge in [-0.15, -0.1) is 0 Å². The topological polar surface area (TPSA) is 64.0 Å². The van der Waals surface area contributed by atoms with Crippen LogP contribution in [0.2, 0.25) is 0 Å². The first-order valence-corrected chi connectivity index (χ1v) is 10.8. The molecule has 0 saturated heterocycles. The average Bonchev–Trinajstić information content (AvgIpc) is 3.24. The van der Waals surface area contributed by atoms with E-state index in [1.165, 1.54) is 0 Å². The van der Waals surface area contributed by atoms with Crippen molar-refractivity contribution in [3.63, 3.8) is 0 Å². The standard InChI is InChI=1S/C23H21N3O2S/c27-29(28,23-14-8-7-13-22(23)20-9-3-1-4-10-20)25-16-15-19-17-24-26(18-19)21-11-5-2-6-12-21/h1-14,17-18,25H,15-16H2. The van der Waals surface area contributed by atoms with Crippen LogP contribution in [0, 0.1) is 0 Å². The van der Waals surface area contributed by atoms with Crippen molar-refractivity contribution < 1.29 is 8.42 Å². The van der Waals surface area contributed by atoms with Crippen LogP contribution in [0.4, 0.5) is 0 Å². The summed E-state index contributed by atoms with van der Waals surface area (Å²) in [5.74, 6) is 0. The molecule has 0 radical (unpaired) electrons. The molecule has 1 N–H and O–H groups in total. The Morgan fingerprint density at radius 1 is 0.828 bits per heavy atom. The SMILES string of the molecule is O=S(=O)(NCCc1cnn(-c2ccccc2)c1)c1ccccc1-c1ccccc1. The summed E-state index contributed by atoms with van der Waals surface area (Å²) in [5.41, 5.74) is 3.50. The third-order valence-corrected chi connectivity index (χ3v) is 6.14. The number of hydrogen-bond acceptors (Lipinski definition) is 3. The van der Waals surface area contributed by atoms with Gasteiger partial charge in [0, 0.05) is 18.3 Å². The lowest BCUT2D eigenvalue weighted by molar-refractivity contribution is 0.582. The summed E-state index contributed by atoms with van der Waals surface area (Å²) in [6, 6.07) is 26.4. The fraction of sp³-hybridized carbons (Fsp3) is 0.0870. The average molecular weight is 404 g/mol. The largest absolute Gasteiger partial charge is 0.241 e. The predicted octanol–water partition coefficient (Wildman–Crippen LogP) is 4.06. The van der Waals surface area contributed by atoms with E-state index < -0.39 is 10.0 Å². The number of rotatable bonds is 7. The third-order valence-electron chi connectivity index (χ3n) is 4.62. The summed E-state index contributed by atoms with van der Waals surface area (Å²) < 4.78 is 30.3. The molecule has 5 nitrogen and oxygen atoms in total. The molecule has 1 heterocycles. The minimum Gasteiger partial charge on any atom is -0.241 e. The summed E-state index contributed by atoms with van der Waals surface area (Å²) in [6.45, 7) is 0.298. The second-order valence-corrected chi connectivity index (χ2v) is 8.37. The number of para-hydroxylation sites is 1. The monoisotopic (exact) mass is 403 g/mol. The molecule has 29 heavy (non-hydrogen) atoms. The number of sulfonamides is 1. The number of nitrogens with one attached hydrogen (secondary N) is 1. The molecule has 0 amide bonds. The molecule has 0 unspecified atom stereocenters. The quantitative estimate of drug-likeness (QED) is 0.506. The van der Waals surface area contributed by atoms with Gasteiger partial charge in [-0.05, 0) is 35.7 Å². The van der Waals surface area contributed by atoms with Crippen LogP contribution in [0.15, 0.2) is 102 Å². The number of benzene rings is 3. The molecule has 4 rings (SSSR count). The highest BCUT2D eigenvalue weighted by molar-refractivity contribution is 7.89. The van der Waals surface area contributed by atoms with Gasteiger partial charge in [0.15, 0.2) is 0 Å². The predicted molar refractivity (Wildman–Crippen MR) is 114 cm³/mol. The summed E-state index contributed by atoms with van der Waals surface area (Å²) in [7, 11) is -3.63. The van der Waals surface area contributed by atoms with Crippen molar-refractivity contribution in [1.29, 1.82) is 0 Å². The minimum absolute atomic E-state index is 0.284. The summed E-state index contributed by atoms with van der Waals surface area (Å²) >= 11 is 0.